The molecule has 2 atom stereocenters. The second kappa shape index (κ2) is 6.39. The van der Waals surface area contributed by atoms with E-state index in [2.05, 4.69) is 27.7 Å². The van der Waals surface area contributed by atoms with Crippen molar-refractivity contribution in [3.8, 4) is 0 Å². The minimum absolute atomic E-state index is 0.0627. The number of nitrogens with zero attached hydrogens (tertiary/aromatic N) is 1. The Morgan fingerprint density at radius 2 is 1.71 bits per heavy atom. The van der Waals surface area contributed by atoms with Gasteiger partial charge in [-0.05, 0) is 40.0 Å². The van der Waals surface area contributed by atoms with Crippen LogP contribution in [-0.4, -0.2) is 35.6 Å². The van der Waals surface area contributed by atoms with Crippen LogP contribution in [0.5, 0.6) is 0 Å². The summed E-state index contributed by atoms with van der Waals surface area (Å²) in [6, 6.07) is 0.235. The molecular weight excluding hydrogens is 214 g/mol. The van der Waals surface area contributed by atoms with E-state index in [-0.39, 0.29) is 23.7 Å². The van der Waals surface area contributed by atoms with Crippen LogP contribution in [0.4, 0.5) is 0 Å². The molecule has 0 fully saturated rings. The highest BCUT2D eigenvalue weighted by molar-refractivity contribution is 5.80. The molecule has 1 amide bonds. The van der Waals surface area contributed by atoms with Gasteiger partial charge in [-0.15, -0.1) is 0 Å². The van der Waals surface area contributed by atoms with E-state index in [1.165, 1.54) is 0 Å². The normalized spacial score (nSPS) is 15.8. The van der Waals surface area contributed by atoms with Crippen molar-refractivity contribution in [2.24, 2.45) is 5.92 Å². The molecule has 0 rings (SSSR count). The van der Waals surface area contributed by atoms with Crippen LogP contribution < -0.4 is 0 Å². The van der Waals surface area contributed by atoms with Crippen LogP contribution in [0.1, 0.15) is 54.9 Å². The lowest BCUT2D eigenvalue weighted by Gasteiger charge is -2.33. The first-order valence-electron chi connectivity index (χ1n) is 6.57. The second-order valence-electron chi connectivity index (χ2n) is 5.81. The fourth-order valence-electron chi connectivity index (χ4n) is 1.55. The van der Waals surface area contributed by atoms with Crippen molar-refractivity contribution in [2.75, 3.05) is 7.05 Å². The molecule has 0 aliphatic heterocycles. The van der Waals surface area contributed by atoms with Gasteiger partial charge in [0.05, 0.1) is 5.60 Å². The minimum Gasteiger partial charge on any atom is -0.363 e. The molecule has 0 radical (unpaired) electrons. The molecule has 102 valence electrons. The number of hydrogen-bond acceptors (Lipinski definition) is 2. The lowest BCUT2D eigenvalue weighted by Crippen LogP contribution is -2.46. The van der Waals surface area contributed by atoms with Crippen molar-refractivity contribution in [3.05, 3.63) is 0 Å². The summed E-state index contributed by atoms with van der Waals surface area (Å²) in [5, 5.41) is 0. The van der Waals surface area contributed by atoms with E-state index in [1.807, 2.05) is 27.8 Å². The molecule has 0 aromatic rings. The molecule has 0 aliphatic carbocycles. The Balaban J connectivity index is 4.50. The van der Waals surface area contributed by atoms with Crippen LogP contribution in [0.25, 0.3) is 0 Å². The Labute approximate surface area is 107 Å². The maximum absolute atomic E-state index is 12.2. The first-order chi connectivity index (χ1) is 7.62. The Kier molecular flexibility index (Phi) is 6.17. The SMILES string of the molecule is CCC(C)(C)OC(C)C(=O)N(C)C(C)C(C)C. The molecule has 2 unspecified atom stereocenters. The van der Waals surface area contributed by atoms with Gasteiger partial charge in [0.25, 0.3) is 5.91 Å². The molecule has 0 aromatic heterocycles. The fraction of sp³-hybridized carbons (Fsp3) is 0.929. The van der Waals surface area contributed by atoms with Crippen molar-refractivity contribution < 1.29 is 9.53 Å². The summed E-state index contributed by atoms with van der Waals surface area (Å²) in [6.45, 7) is 14.2. The van der Waals surface area contributed by atoms with Crippen molar-refractivity contribution in [2.45, 2.75) is 72.6 Å². The summed E-state index contributed by atoms with van der Waals surface area (Å²) in [5.41, 5.74) is -0.239. The number of ether oxygens (including phenoxy) is 1. The second-order valence-corrected chi connectivity index (χ2v) is 5.81. The predicted molar refractivity (Wildman–Crippen MR) is 72.0 cm³/mol. The standard InChI is InChI=1S/C14H29NO2/c1-9-14(6,7)17-12(5)13(16)15(8)11(4)10(2)3/h10-12H,9H2,1-8H3. The number of carbonyl (C=O) groups excluding carboxylic acids is 1. The van der Waals surface area contributed by atoms with Gasteiger partial charge in [-0.3, -0.25) is 4.79 Å². The van der Waals surface area contributed by atoms with Gasteiger partial charge < -0.3 is 9.64 Å². The molecule has 0 spiro atoms. The third-order valence-corrected chi connectivity index (χ3v) is 3.62. The highest BCUT2D eigenvalue weighted by Crippen LogP contribution is 2.18. The molecule has 0 N–H and O–H groups in total. The largest absolute Gasteiger partial charge is 0.363 e. The van der Waals surface area contributed by atoms with Gasteiger partial charge in [-0.25, -0.2) is 0 Å². The Hall–Kier alpha value is -0.570. The van der Waals surface area contributed by atoms with Crippen molar-refractivity contribution in [1.82, 2.24) is 4.90 Å². The molecule has 0 aromatic carbocycles. The minimum atomic E-state index is -0.379. The van der Waals surface area contributed by atoms with Crippen LogP contribution >= 0.6 is 0 Å². The summed E-state index contributed by atoms with van der Waals surface area (Å²) < 4.78 is 5.81. The molecular formula is C14H29NO2. The third-order valence-electron chi connectivity index (χ3n) is 3.62. The number of rotatable bonds is 6. The third kappa shape index (κ3) is 5.07. The maximum Gasteiger partial charge on any atom is 0.251 e. The van der Waals surface area contributed by atoms with E-state index < -0.39 is 0 Å². The van der Waals surface area contributed by atoms with Crippen LogP contribution in [0.2, 0.25) is 0 Å². The Morgan fingerprint density at radius 1 is 1.24 bits per heavy atom. The first-order valence-corrected chi connectivity index (χ1v) is 6.57. The average molecular weight is 243 g/mol. The van der Waals surface area contributed by atoms with E-state index in [1.54, 1.807) is 4.90 Å². The van der Waals surface area contributed by atoms with E-state index in [0.717, 1.165) is 6.42 Å². The topological polar surface area (TPSA) is 29.5 Å². The summed E-state index contributed by atoms with van der Waals surface area (Å²) in [7, 11) is 1.85. The fourth-order valence-corrected chi connectivity index (χ4v) is 1.55. The lowest BCUT2D eigenvalue weighted by atomic mass is 10.0. The number of hydrogen-bond donors (Lipinski definition) is 0. The van der Waals surface area contributed by atoms with Crippen LogP contribution in [0.15, 0.2) is 0 Å². The maximum atomic E-state index is 12.2. The molecule has 0 aliphatic rings. The highest BCUT2D eigenvalue weighted by atomic mass is 16.5. The van der Waals surface area contributed by atoms with Gasteiger partial charge in [-0.2, -0.15) is 0 Å². The molecule has 0 bridgehead atoms. The van der Waals surface area contributed by atoms with Crippen LogP contribution in [0.3, 0.4) is 0 Å². The molecule has 0 saturated carbocycles. The van der Waals surface area contributed by atoms with Gasteiger partial charge in [0, 0.05) is 13.1 Å². The van der Waals surface area contributed by atoms with Crippen molar-refractivity contribution in [1.29, 1.82) is 0 Å². The number of amides is 1. The predicted octanol–water partition coefficient (Wildman–Crippen LogP) is 3.08. The van der Waals surface area contributed by atoms with Gasteiger partial charge >= 0.3 is 0 Å². The molecule has 3 heteroatoms. The Morgan fingerprint density at radius 3 is 2.06 bits per heavy atom. The highest BCUT2D eigenvalue weighted by Gasteiger charge is 2.28. The zero-order valence-corrected chi connectivity index (χ0v) is 12.7. The molecule has 0 heterocycles. The number of carbonyl (C=O) groups is 1. The first kappa shape index (κ1) is 16.4. The summed E-state index contributed by atoms with van der Waals surface area (Å²) in [6.07, 6.45) is 0.518. The lowest BCUT2D eigenvalue weighted by molar-refractivity contribution is -0.154. The van der Waals surface area contributed by atoms with Gasteiger partial charge in [0.15, 0.2) is 0 Å². The van der Waals surface area contributed by atoms with Crippen molar-refractivity contribution >= 4 is 5.91 Å². The quantitative estimate of drug-likeness (QED) is 0.717. The van der Waals surface area contributed by atoms with E-state index in [4.69, 9.17) is 4.74 Å². The molecule has 0 saturated heterocycles. The van der Waals surface area contributed by atoms with Gasteiger partial charge in [-0.1, -0.05) is 20.8 Å². The van der Waals surface area contributed by atoms with E-state index in [9.17, 15) is 4.79 Å². The van der Waals surface area contributed by atoms with Crippen molar-refractivity contribution in [3.63, 3.8) is 0 Å². The summed E-state index contributed by atoms with van der Waals surface area (Å²) in [4.78, 5) is 14.0. The van der Waals surface area contributed by atoms with Gasteiger partial charge in [0.2, 0.25) is 0 Å². The van der Waals surface area contributed by atoms with E-state index in [0.29, 0.717) is 5.92 Å². The molecule has 3 nitrogen and oxygen atoms in total. The number of likely N-dealkylation sites (N-methyl/N-ethyl adjacent to an activating group) is 1. The average Bonchev–Trinajstić information content (AvgIpc) is 2.25. The smallest absolute Gasteiger partial charge is 0.251 e. The summed E-state index contributed by atoms with van der Waals surface area (Å²) in [5.74, 6) is 0.517. The Bertz CT molecular complexity index is 249. The van der Waals surface area contributed by atoms with Crippen LogP contribution in [0, 0.1) is 5.92 Å². The zero-order valence-electron chi connectivity index (χ0n) is 12.7. The monoisotopic (exact) mass is 243 g/mol. The zero-order chi connectivity index (χ0) is 13.8. The van der Waals surface area contributed by atoms with Crippen LogP contribution in [-0.2, 0) is 9.53 Å². The molecule has 17 heavy (non-hydrogen) atoms. The van der Waals surface area contributed by atoms with E-state index >= 15 is 0 Å². The summed E-state index contributed by atoms with van der Waals surface area (Å²) >= 11 is 0. The van der Waals surface area contributed by atoms with Gasteiger partial charge in [0.1, 0.15) is 6.10 Å².